The number of aryl methyl sites for hydroxylation is 1. The number of benzene rings is 1. The molecule has 0 aliphatic heterocycles. The van der Waals surface area contributed by atoms with E-state index in [0.29, 0.717) is 5.69 Å². The van der Waals surface area contributed by atoms with Crippen molar-refractivity contribution in [3.8, 4) is 5.75 Å². The molecule has 0 saturated carbocycles. The summed E-state index contributed by atoms with van der Waals surface area (Å²) in [6.07, 6.45) is 0. The van der Waals surface area contributed by atoms with Gasteiger partial charge in [-0.3, -0.25) is 0 Å². The van der Waals surface area contributed by atoms with Gasteiger partial charge in [0.25, 0.3) is 0 Å². The topological polar surface area (TPSA) is 46.2 Å². The molecule has 0 radical (unpaired) electrons. The normalized spacial score (nSPS) is 7.46. The Hall–Kier alpha value is -1.18. The van der Waals surface area contributed by atoms with Crippen LogP contribution in [0.25, 0.3) is 0 Å². The molecule has 0 aromatic heterocycles. The van der Waals surface area contributed by atoms with Crippen molar-refractivity contribution in [3.05, 3.63) is 23.8 Å². The molecule has 0 spiro atoms. The van der Waals surface area contributed by atoms with Crippen molar-refractivity contribution in [2.45, 2.75) is 34.6 Å². The summed E-state index contributed by atoms with van der Waals surface area (Å²) in [6, 6.07) is 5.18. The number of anilines is 1. The maximum Gasteiger partial charge on any atom is 0.138 e. The van der Waals surface area contributed by atoms with E-state index in [-0.39, 0.29) is 5.75 Å². The minimum absolute atomic E-state index is 0.162. The van der Waals surface area contributed by atoms with E-state index in [4.69, 9.17) is 10.8 Å². The van der Waals surface area contributed by atoms with Gasteiger partial charge in [0.15, 0.2) is 0 Å². The Morgan fingerprint density at radius 2 is 1.54 bits per heavy atom. The van der Waals surface area contributed by atoms with E-state index in [1.165, 1.54) is 0 Å². The van der Waals surface area contributed by atoms with E-state index in [1.54, 1.807) is 12.1 Å². The molecule has 2 heteroatoms. The second-order valence-corrected chi connectivity index (χ2v) is 2.06. The predicted octanol–water partition coefficient (Wildman–Crippen LogP) is 3.34. The monoisotopic (exact) mass is 183 g/mol. The molecule has 0 amide bonds. The second-order valence-electron chi connectivity index (χ2n) is 2.06. The van der Waals surface area contributed by atoms with Crippen molar-refractivity contribution in [2.75, 3.05) is 5.73 Å². The van der Waals surface area contributed by atoms with Crippen LogP contribution < -0.4 is 5.73 Å². The number of rotatable bonds is 0. The summed E-state index contributed by atoms with van der Waals surface area (Å²) >= 11 is 0. The molecule has 0 aliphatic rings. The molecule has 0 fully saturated rings. The van der Waals surface area contributed by atoms with Gasteiger partial charge >= 0.3 is 0 Å². The summed E-state index contributed by atoms with van der Waals surface area (Å²) in [5.41, 5.74) is 6.79. The molecular weight excluding hydrogens is 162 g/mol. The highest BCUT2D eigenvalue weighted by Crippen LogP contribution is 2.19. The van der Waals surface area contributed by atoms with Crippen molar-refractivity contribution in [2.24, 2.45) is 0 Å². The van der Waals surface area contributed by atoms with Crippen LogP contribution in [0.2, 0.25) is 0 Å². The van der Waals surface area contributed by atoms with Gasteiger partial charge in [0.2, 0.25) is 0 Å². The van der Waals surface area contributed by atoms with Crippen LogP contribution in [0.15, 0.2) is 18.2 Å². The van der Waals surface area contributed by atoms with Crippen LogP contribution in [0.1, 0.15) is 33.3 Å². The number of phenols is 1. The summed E-state index contributed by atoms with van der Waals surface area (Å²) < 4.78 is 0. The molecule has 1 rings (SSSR count). The zero-order valence-electron chi connectivity index (χ0n) is 9.26. The first-order chi connectivity index (χ1) is 6.20. The standard InChI is InChI=1S/C7H9NO.2C2H6/c1-5-2-3-6(8)7(9)4-5;2*1-2/h2-4,9H,8H2,1H3;2*1-2H3. The smallest absolute Gasteiger partial charge is 0.138 e. The Morgan fingerprint density at radius 3 is 1.85 bits per heavy atom. The third-order valence-corrected chi connectivity index (χ3v) is 1.19. The summed E-state index contributed by atoms with van der Waals surface area (Å²) in [7, 11) is 0. The third kappa shape index (κ3) is 6.02. The summed E-state index contributed by atoms with van der Waals surface area (Å²) in [6.45, 7) is 9.90. The van der Waals surface area contributed by atoms with E-state index in [2.05, 4.69) is 0 Å². The molecule has 0 aliphatic carbocycles. The zero-order valence-corrected chi connectivity index (χ0v) is 9.26. The number of nitrogen functional groups attached to an aromatic ring is 1. The minimum atomic E-state index is 0.162. The zero-order chi connectivity index (χ0) is 10.9. The van der Waals surface area contributed by atoms with E-state index in [0.717, 1.165) is 5.56 Å². The Kier molecular flexibility index (Phi) is 9.84. The van der Waals surface area contributed by atoms with Gasteiger partial charge in [-0.1, -0.05) is 33.8 Å². The van der Waals surface area contributed by atoms with Crippen molar-refractivity contribution in [3.63, 3.8) is 0 Å². The average molecular weight is 183 g/mol. The highest BCUT2D eigenvalue weighted by molar-refractivity contribution is 5.52. The number of aromatic hydroxyl groups is 1. The lowest BCUT2D eigenvalue weighted by Crippen LogP contribution is -1.84. The van der Waals surface area contributed by atoms with E-state index in [9.17, 15) is 0 Å². The van der Waals surface area contributed by atoms with Gasteiger partial charge in [0.1, 0.15) is 5.75 Å². The van der Waals surface area contributed by atoms with Crippen LogP contribution in [0.5, 0.6) is 5.75 Å². The number of hydrogen-bond acceptors (Lipinski definition) is 2. The van der Waals surface area contributed by atoms with Gasteiger partial charge < -0.3 is 10.8 Å². The molecule has 0 bridgehead atoms. The maximum absolute atomic E-state index is 8.98. The molecule has 0 heterocycles. The van der Waals surface area contributed by atoms with Gasteiger partial charge in [-0.2, -0.15) is 0 Å². The van der Waals surface area contributed by atoms with Crippen LogP contribution >= 0.6 is 0 Å². The highest BCUT2D eigenvalue weighted by Gasteiger charge is 1.92. The number of hydrogen-bond donors (Lipinski definition) is 2. The largest absolute Gasteiger partial charge is 0.506 e. The number of nitrogens with two attached hydrogens (primary N) is 1. The lowest BCUT2D eigenvalue weighted by molar-refractivity contribution is 0.477. The second kappa shape index (κ2) is 8.91. The maximum atomic E-state index is 8.98. The fourth-order valence-electron chi connectivity index (χ4n) is 0.654. The fraction of sp³-hybridized carbons (Fsp3) is 0.455. The van der Waals surface area contributed by atoms with E-state index < -0.39 is 0 Å². The SMILES string of the molecule is CC.CC.Cc1ccc(N)c(O)c1. The Labute approximate surface area is 81.4 Å². The van der Waals surface area contributed by atoms with Crippen molar-refractivity contribution in [1.29, 1.82) is 0 Å². The first kappa shape index (κ1) is 14.3. The third-order valence-electron chi connectivity index (χ3n) is 1.19. The molecule has 0 saturated heterocycles. The average Bonchev–Trinajstić information content (AvgIpc) is 2.18. The molecule has 13 heavy (non-hydrogen) atoms. The van der Waals surface area contributed by atoms with Gasteiger partial charge in [-0.05, 0) is 24.6 Å². The van der Waals surface area contributed by atoms with Crippen LogP contribution in [0.3, 0.4) is 0 Å². The molecule has 2 nitrogen and oxygen atoms in total. The van der Waals surface area contributed by atoms with Crippen molar-refractivity contribution >= 4 is 5.69 Å². The van der Waals surface area contributed by atoms with Crippen LogP contribution in [0, 0.1) is 6.92 Å². The van der Waals surface area contributed by atoms with Crippen LogP contribution in [-0.4, -0.2) is 5.11 Å². The Morgan fingerprint density at radius 1 is 1.08 bits per heavy atom. The molecule has 76 valence electrons. The number of phenolic OH excluding ortho intramolecular Hbond substituents is 1. The summed E-state index contributed by atoms with van der Waals surface area (Å²) in [5.74, 6) is 0.162. The minimum Gasteiger partial charge on any atom is -0.506 e. The lowest BCUT2D eigenvalue weighted by atomic mass is 10.2. The first-order valence-corrected chi connectivity index (χ1v) is 4.75. The first-order valence-electron chi connectivity index (χ1n) is 4.75. The molecule has 0 atom stereocenters. The highest BCUT2D eigenvalue weighted by atomic mass is 16.3. The Bertz CT molecular complexity index is 221. The summed E-state index contributed by atoms with van der Waals surface area (Å²) in [4.78, 5) is 0. The van der Waals surface area contributed by atoms with Gasteiger partial charge in [-0.25, -0.2) is 0 Å². The lowest BCUT2D eigenvalue weighted by Gasteiger charge is -1.97. The van der Waals surface area contributed by atoms with Crippen molar-refractivity contribution < 1.29 is 5.11 Å². The summed E-state index contributed by atoms with van der Waals surface area (Å²) in [5, 5.41) is 8.98. The molecule has 1 aromatic carbocycles. The van der Waals surface area contributed by atoms with Gasteiger partial charge in [0.05, 0.1) is 5.69 Å². The quantitative estimate of drug-likeness (QED) is 0.478. The van der Waals surface area contributed by atoms with Crippen LogP contribution in [0.4, 0.5) is 5.69 Å². The van der Waals surface area contributed by atoms with Crippen molar-refractivity contribution in [1.82, 2.24) is 0 Å². The molecular formula is C11H21NO. The predicted molar refractivity (Wildman–Crippen MR) is 60.0 cm³/mol. The van der Waals surface area contributed by atoms with Crippen LogP contribution in [-0.2, 0) is 0 Å². The molecule has 3 N–H and O–H groups in total. The molecule has 0 unspecified atom stereocenters. The van der Waals surface area contributed by atoms with E-state index >= 15 is 0 Å². The fourth-order valence-corrected chi connectivity index (χ4v) is 0.654. The van der Waals surface area contributed by atoms with E-state index in [1.807, 2.05) is 40.7 Å². The van der Waals surface area contributed by atoms with Gasteiger partial charge in [0, 0.05) is 0 Å². The molecule has 1 aromatic rings. The Balaban J connectivity index is 0. The van der Waals surface area contributed by atoms with Gasteiger partial charge in [-0.15, -0.1) is 0 Å².